The van der Waals surface area contributed by atoms with E-state index in [0.29, 0.717) is 28.8 Å². The number of halogens is 2. The van der Waals surface area contributed by atoms with Crippen molar-refractivity contribution in [2.45, 2.75) is 6.10 Å². The first-order valence-electron chi connectivity index (χ1n) is 5.37. The number of carbonyl (C=O) groups excluding carboxylic acids is 1. The molecule has 1 unspecified atom stereocenters. The molecule has 1 aliphatic rings. The van der Waals surface area contributed by atoms with Crippen molar-refractivity contribution < 1.29 is 9.53 Å². The number of carbonyl (C=O) groups is 1. The summed E-state index contributed by atoms with van der Waals surface area (Å²) in [7, 11) is 0. The Balaban J connectivity index is 2.18. The Labute approximate surface area is 115 Å². The van der Waals surface area contributed by atoms with Crippen molar-refractivity contribution in [2.24, 2.45) is 0 Å². The number of nitriles is 1. The molecule has 0 aliphatic carbocycles. The van der Waals surface area contributed by atoms with Gasteiger partial charge in [0.25, 0.3) is 5.91 Å². The Kier molecular flexibility index (Phi) is 4.07. The van der Waals surface area contributed by atoms with Crippen LogP contribution in [0.2, 0.25) is 10.0 Å². The molecule has 1 aromatic carbocycles. The zero-order valence-corrected chi connectivity index (χ0v) is 10.9. The molecule has 0 spiro atoms. The smallest absolute Gasteiger partial charge is 0.254 e. The molecule has 0 aromatic heterocycles. The minimum atomic E-state index is -0.572. The predicted octanol–water partition coefficient (Wildman–Crippen LogP) is 2.36. The van der Waals surface area contributed by atoms with Gasteiger partial charge in [-0.3, -0.25) is 4.79 Å². The average molecular weight is 285 g/mol. The Morgan fingerprint density at radius 1 is 1.39 bits per heavy atom. The Morgan fingerprint density at radius 3 is 2.67 bits per heavy atom. The maximum Gasteiger partial charge on any atom is 0.254 e. The van der Waals surface area contributed by atoms with Crippen LogP contribution in [-0.4, -0.2) is 36.6 Å². The highest BCUT2D eigenvalue weighted by atomic mass is 35.5. The summed E-state index contributed by atoms with van der Waals surface area (Å²) in [6.07, 6.45) is -0.572. The van der Waals surface area contributed by atoms with Crippen molar-refractivity contribution in [3.63, 3.8) is 0 Å². The van der Waals surface area contributed by atoms with E-state index in [1.165, 1.54) is 0 Å². The third-order valence-corrected chi connectivity index (χ3v) is 3.04. The Hall–Kier alpha value is -1.28. The lowest BCUT2D eigenvalue weighted by Gasteiger charge is -2.29. The first kappa shape index (κ1) is 13.2. The second-order valence-electron chi connectivity index (χ2n) is 3.90. The first-order valence-corrected chi connectivity index (χ1v) is 6.12. The molecule has 1 amide bonds. The van der Waals surface area contributed by atoms with Gasteiger partial charge in [0.15, 0.2) is 6.10 Å². The summed E-state index contributed by atoms with van der Waals surface area (Å²) in [5, 5.41) is 9.62. The molecule has 6 heteroatoms. The molecule has 4 nitrogen and oxygen atoms in total. The summed E-state index contributed by atoms with van der Waals surface area (Å²) in [4.78, 5) is 13.8. The maximum atomic E-state index is 12.2. The Morgan fingerprint density at radius 2 is 2.06 bits per heavy atom. The molecule has 0 bridgehead atoms. The highest BCUT2D eigenvalue weighted by Crippen LogP contribution is 2.21. The molecule has 94 valence electrons. The quantitative estimate of drug-likeness (QED) is 0.796. The van der Waals surface area contributed by atoms with Gasteiger partial charge < -0.3 is 9.64 Å². The van der Waals surface area contributed by atoms with Gasteiger partial charge in [0, 0.05) is 22.2 Å². The highest BCUT2D eigenvalue weighted by Gasteiger charge is 2.25. The molecule has 1 aromatic rings. The van der Waals surface area contributed by atoms with E-state index in [2.05, 4.69) is 0 Å². The molecule has 1 fully saturated rings. The fraction of sp³-hybridized carbons (Fsp3) is 0.333. The van der Waals surface area contributed by atoms with Crippen LogP contribution in [0.3, 0.4) is 0 Å². The molecule has 1 atom stereocenters. The number of hydrogen-bond donors (Lipinski definition) is 0. The molecule has 18 heavy (non-hydrogen) atoms. The molecule has 0 radical (unpaired) electrons. The van der Waals surface area contributed by atoms with Crippen LogP contribution < -0.4 is 0 Å². The summed E-state index contributed by atoms with van der Waals surface area (Å²) in [6.45, 7) is 1.08. The molecule has 1 saturated heterocycles. The minimum Gasteiger partial charge on any atom is -0.360 e. The minimum absolute atomic E-state index is 0.192. The van der Waals surface area contributed by atoms with Crippen LogP contribution >= 0.6 is 23.2 Å². The largest absolute Gasteiger partial charge is 0.360 e. The summed E-state index contributed by atoms with van der Waals surface area (Å²) in [5.74, 6) is -0.192. The van der Waals surface area contributed by atoms with E-state index in [4.69, 9.17) is 33.2 Å². The Bertz CT molecular complexity index is 493. The topological polar surface area (TPSA) is 53.3 Å². The number of hydrogen-bond acceptors (Lipinski definition) is 3. The number of nitrogens with zero attached hydrogens (tertiary/aromatic N) is 2. The summed E-state index contributed by atoms with van der Waals surface area (Å²) in [6, 6.07) is 6.69. The number of rotatable bonds is 1. The van der Waals surface area contributed by atoms with Crippen LogP contribution in [0.4, 0.5) is 0 Å². The van der Waals surface area contributed by atoms with E-state index in [-0.39, 0.29) is 12.5 Å². The fourth-order valence-electron chi connectivity index (χ4n) is 1.77. The van der Waals surface area contributed by atoms with Crippen molar-refractivity contribution in [3.8, 4) is 6.07 Å². The van der Waals surface area contributed by atoms with Crippen LogP contribution in [0, 0.1) is 11.3 Å². The van der Waals surface area contributed by atoms with E-state index in [1.54, 1.807) is 23.1 Å². The fourth-order valence-corrected chi connectivity index (χ4v) is 2.30. The zero-order chi connectivity index (χ0) is 13.1. The van der Waals surface area contributed by atoms with Gasteiger partial charge in [-0.25, -0.2) is 0 Å². The van der Waals surface area contributed by atoms with Gasteiger partial charge in [-0.2, -0.15) is 5.26 Å². The van der Waals surface area contributed by atoms with Crippen molar-refractivity contribution in [1.82, 2.24) is 4.90 Å². The average Bonchev–Trinajstić information content (AvgIpc) is 2.37. The normalized spacial score (nSPS) is 19.4. The van der Waals surface area contributed by atoms with Crippen LogP contribution in [-0.2, 0) is 4.74 Å². The molecule has 2 rings (SSSR count). The monoisotopic (exact) mass is 284 g/mol. The van der Waals surface area contributed by atoms with Crippen LogP contribution in [0.5, 0.6) is 0 Å². The third kappa shape index (κ3) is 2.94. The second kappa shape index (κ2) is 5.57. The maximum absolute atomic E-state index is 12.2. The van der Waals surface area contributed by atoms with Gasteiger partial charge in [-0.05, 0) is 18.2 Å². The van der Waals surface area contributed by atoms with Crippen LogP contribution in [0.25, 0.3) is 0 Å². The molecule has 0 saturated carbocycles. The highest BCUT2D eigenvalue weighted by molar-refractivity contribution is 6.35. The third-order valence-electron chi connectivity index (χ3n) is 2.61. The van der Waals surface area contributed by atoms with E-state index in [1.807, 2.05) is 6.07 Å². The first-order chi connectivity index (χ1) is 8.60. The summed E-state index contributed by atoms with van der Waals surface area (Å²) >= 11 is 11.7. The molecular weight excluding hydrogens is 275 g/mol. The van der Waals surface area contributed by atoms with Crippen molar-refractivity contribution in [2.75, 3.05) is 19.7 Å². The molecular formula is C12H10Cl2N2O2. The van der Waals surface area contributed by atoms with Gasteiger partial charge in [0.2, 0.25) is 0 Å². The second-order valence-corrected chi connectivity index (χ2v) is 4.77. The number of ether oxygens (including phenoxy) is 1. The lowest BCUT2D eigenvalue weighted by Crippen LogP contribution is -2.45. The van der Waals surface area contributed by atoms with Gasteiger partial charge in [-0.1, -0.05) is 23.2 Å². The molecule has 0 N–H and O–H groups in total. The van der Waals surface area contributed by atoms with Gasteiger partial charge in [0.1, 0.15) is 0 Å². The zero-order valence-electron chi connectivity index (χ0n) is 9.40. The molecule has 1 heterocycles. The lowest BCUT2D eigenvalue weighted by molar-refractivity contribution is 0.00347. The lowest BCUT2D eigenvalue weighted by atomic mass is 10.1. The predicted molar refractivity (Wildman–Crippen MR) is 67.7 cm³/mol. The van der Waals surface area contributed by atoms with E-state index < -0.39 is 6.10 Å². The van der Waals surface area contributed by atoms with Crippen LogP contribution in [0.1, 0.15) is 10.4 Å². The van der Waals surface area contributed by atoms with Crippen LogP contribution in [0.15, 0.2) is 18.2 Å². The van der Waals surface area contributed by atoms with E-state index >= 15 is 0 Å². The van der Waals surface area contributed by atoms with Crippen molar-refractivity contribution in [1.29, 1.82) is 5.26 Å². The summed E-state index contributed by atoms with van der Waals surface area (Å²) < 4.78 is 5.18. The van der Waals surface area contributed by atoms with Crippen molar-refractivity contribution >= 4 is 29.1 Å². The van der Waals surface area contributed by atoms with Gasteiger partial charge in [0.05, 0.1) is 19.2 Å². The SMILES string of the molecule is N#CC1CN(C(=O)c2cc(Cl)cc(Cl)c2)CCO1. The molecule has 1 aliphatic heterocycles. The number of morpholine rings is 1. The van der Waals surface area contributed by atoms with Gasteiger partial charge >= 0.3 is 0 Å². The van der Waals surface area contributed by atoms with Crippen molar-refractivity contribution in [3.05, 3.63) is 33.8 Å². The summed E-state index contributed by atoms with van der Waals surface area (Å²) in [5.41, 5.74) is 0.422. The van der Waals surface area contributed by atoms with Gasteiger partial charge in [-0.15, -0.1) is 0 Å². The number of amides is 1. The van der Waals surface area contributed by atoms with E-state index in [0.717, 1.165) is 0 Å². The van der Waals surface area contributed by atoms with E-state index in [9.17, 15) is 4.79 Å². The standard InChI is InChI=1S/C12H10Cl2N2O2/c13-9-3-8(4-10(14)5-9)12(17)16-1-2-18-11(6-15)7-16/h3-5,11H,1-2,7H2. The number of benzene rings is 1.